The monoisotopic (exact) mass is 276 g/mol. The maximum absolute atomic E-state index is 11.4. The van der Waals surface area contributed by atoms with Gasteiger partial charge in [-0.05, 0) is 32.0 Å². The molecule has 1 aromatic heterocycles. The summed E-state index contributed by atoms with van der Waals surface area (Å²) in [6.07, 6.45) is 0.234. The van der Waals surface area contributed by atoms with Crippen molar-refractivity contribution in [3.05, 3.63) is 29.6 Å². The number of carbonyl (C=O) groups excluding carboxylic acids is 1. The van der Waals surface area contributed by atoms with Crippen molar-refractivity contribution in [2.45, 2.75) is 26.8 Å². The highest BCUT2D eigenvalue weighted by molar-refractivity contribution is 5.92. The number of carboxylic acids is 1. The Labute approximate surface area is 116 Å². The van der Waals surface area contributed by atoms with Crippen molar-refractivity contribution in [2.75, 3.05) is 6.61 Å². The molecule has 0 aliphatic rings. The molecule has 0 unspecified atom stereocenters. The van der Waals surface area contributed by atoms with Crippen LogP contribution in [-0.4, -0.2) is 33.2 Å². The Hall–Kier alpha value is -2.37. The van der Waals surface area contributed by atoms with Crippen LogP contribution < -0.4 is 0 Å². The lowest BCUT2D eigenvalue weighted by Crippen LogP contribution is -2.10. The van der Waals surface area contributed by atoms with Gasteiger partial charge in [0, 0.05) is 6.54 Å². The second-order valence-electron chi connectivity index (χ2n) is 4.37. The number of carbonyl (C=O) groups is 2. The highest BCUT2D eigenvalue weighted by atomic mass is 16.5. The van der Waals surface area contributed by atoms with E-state index < -0.39 is 5.97 Å². The number of fused-ring (bicyclic) bond motifs is 1. The predicted molar refractivity (Wildman–Crippen MR) is 72.7 cm³/mol. The summed E-state index contributed by atoms with van der Waals surface area (Å²) in [5.74, 6) is -0.516. The molecule has 0 amide bonds. The van der Waals surface area contributed by atoms with Crippen molar-refractivity contribution >= 4 is 23.0 Å². The number of carboxylic acid groups (broad SMARTS) is 1. The Morgan fingerprint density at radius 1 is 1.40 bits per heavy atom. The topological polar surface area (TPSA) is 81.4 Å². The third-order valence-electron chi connectivity index (χ3n) is 3.03. The standard InChI is InChI=1S/C14H16N2O4/c1-3-20-13(17)6-7-16-9(2)15-11-5-4-10(14(18)19)8-12(11)16/h4-5,8H,3,6-7H2,1-2H3,(H,18,19). The number of aromatic carboxylic acids is 1. The average Bonchev–Trinajstić information content (AvgIpc) is 2.71. The van der Waals surface area contributed by atoms with Crippen LogP contribution in [0.1, 0.15) is 29.5 Å². The minimum absolute atomic E-state index is 0.204. The van der Waals surface area contributed by atoms with Gasteiger partial charge in [0.1, 0.15) is 5.82 Å². The molecule has 0 saturated carbocycles. The van der Waals surface area contributed by atoms with E-state index in [0.717, 1.165) is 11.3 Å². The summed E-state index contributed by atoms with van der Waals surface area (Å²) in [6, 6.07) is 4.77. The van der Waals surface area contributed by atoms with Crippen LogP contribution in [0.15, 0.2) is 18.2 Å². The first-order valence-corrected chi connectivity index (χ1v) is 6.38. The van der Waals surface area contributed by atoms with Crippen LogP contribution in [0.25, 0.3) is 11.0 Å². The van der Waals surface area contributed by atoms with E-state index in [1.165, 1.54) is 6.07 Å². The van der Waals surface area contributed by atoms with Crippen LogP contribution in [0, 0.1) is 6.92 Å². The summed E-state index contributed by atoms with van der Waals surface area (Å²) in [7, 11) is 0. The fraction of sp³-hybridized carbons (Fsp3) is 0.357. The summed E-state index contributed by atoms with van der Waals surface area (Å²) in [5.41, 5.74) is 1.64. The van der Waals surface area contributed by atoms with Crippen molar-refractivity contribution in [3.63, 3.8) is 0 Å². The number of rotatable bonds is 5. The molecule has 1 heterocycles. The molecule has 0 bridgehead atoms. The normalized spacial score (nSPS) is 10.7. The third kappa shape index (κ3) is 2.79. The Morgan fingerprint density at radius 3 is 2.80 bits per heavy atom. The molecule has 2 aromatic rings. The van der Waals surface area contributed by atoms with Gasteiger partial charge in [-0.15, -0.1) is 0 Å². The molecule has 0 atom stereocenters. The van der Waals surface area contributed by atoms with Crippen LogP contribution >= 0.6 is 0 Å². The quantitative estimate of drug-likeness (QED) is 0.845. The zero-order chi connectivity index (χ0) is 14.7. The lowest BCUT2D eigenvalue weighted by molar-refractivity contribution is -0.143. The maximum Gasteiger partial charge on any atom is 0.335 e. The first-order chi connectivity index (χ1) is 9.52. The number of ether oxygens (including phenoxy) is 1. The number of hydrogen-bond donors (Lipinski definition) is 1. The highest BCUT2D eigenvalue weighted by Crippen LogP contribution is 2.18. The zero-order valence-electron chi connectivity index (χ0n) is 11.4. The molecule has 1 aromatic carbocycles. The SMILES string of the molecule is CCOC(=O)CCn1c(C)nc2ccc(C(=O)O)cc21. The van der Waals surface area contributed by atoms with E-state index in [-0.39, 0.29) is 18.0 Å². The zero-order valence-corrected chi connectivity index (χ0v) is 11.4. The van der Waals surface area contributed by atoms with E-state index in [1.807, 2.05) is 11.5 Å². The van der Waals surface area contributed by atoms with Crippen LogP contribution in [-0.2, 0) is 16.1 Å². The summed E-state index contributed by atoms with van der Waals surface area (Å²) in [5, 5.41) is 9.03. The van der Waals surface area contributed by atoms with Crippen LogP contribution in [0.2, 0.25) is 0 Å². The summed E-state index contributed by atoms with van der Waals surface area (Å²) in [6.45, 7) is 4.36. The van der Waals surface area contributed by atoms with Crippen molar-refractivity contribution in [3.8, 4) is 0 Å². The molecule has 0 spiro atoms. The van der Waals surface area contributed by atoms with E-state index >= 15 is 0 Å². The number of nitrogens with zero attached hydrogens (tertiary/aromatic N) is 2. The Morgan fingerprint density at radius 2 is 2.15 bits per heavy atom. The van der Waals surface area contributed by atoms with E-state index in [2.05, 4.69) is 4.98 Å². The van der Waals surface area contributed by atoms with Gasteiger partial charge in [-0.3, -0.25) is 4.79 Å². The number of hydrogen-bond acceptors (Lipinski definition) is 4. The summed E-state index contributed by atoms with van der Waals surface area (Å²) in [4.78, 5) is 26.8. The fourth-order valence-corrected chi connectivity index (χ4v) is 2.09. The first-order valence-electron chi connectivity index (χ1n) is 6.38. The fourth-order valence-electron chi connectivity index (χ4n) is 2.09. The average molecular weight is 276 g/mol. The Kier molecular flexibility index (Phi) is 4.02. The van der Waals surface area contributed by atoms with Crippen LogP contribution in [0.5, 0.6) is 0 Å². The minimum atomic E-state index is -0.984. The molecule has 0 radical (unpaired) electrons. The summed E-state index contributed by atoms with van der Waals surface area (Å²) >= 11 is 0. The Bertz CT molecular complexity index is 660. The highest BCUT2D eigenvalue weighted by Gasteiger charge is 2.12. The molecule has 0 fully saturated rings. The van der Waals surface area contributed by atoms with Crippen LogP contribution in [0.3, 0.4) is 0 Å². The van der Waals surface area contributed by atoms with Gasteiger partial charge in [0.15, 0.2) is 0 Å². The van der Waals surface area contributed by atoms with Gasteiger partial charge in [0.25, 0.3) is 0 Å². The van der Waals surface area contributed by atoms with E-state index in [1.54, 1.807) is 19.1 Å². The molecule has 1 N–H and O–H groups in total. The van der Waals surface area contributed by atoms with Gasteiger partial charge in [-0.1, -0.05) is 0 Å². The third-order valence-corrected chi connectivity index (χ3v) is 3.03. The van der Waals surface area contributed by atoms with Crippen molar-refractivity contribution in [2.24, 2.45) is 0 Å². The van der Waals surface area contributed by atoms with Crippen LogP contribution in [0.4, 0.5) is 0 Å². The molecule has 2 rings (SSSR count). The minimum Gasteiger partial charge on any atom is -0.478 e. The summed E-state index contributed by atoms with van der Waals surface area (Å²) < 4.78 is 6.72. The lowest BCUT2D eigenvalue weighted by Gasteiger charge is -2.07. The van der Waals surface area contributed by atoms with Gasteiger partial charge < -0.3 is 14.4 Å². The molecular weight excluding hydrogens is 260 g/mol. The maximum atomic E-state index is 11.4. The molecular formula is C14H16N2O4. The Balaban J connectivity index is 2.31. The van der Waals surface area contributed by atoms with Crippen molar-refractivity contribution in [1.29, 1.82) is 0 Å². The van der Waals surface area contributed by atoms with E-state index in [4.69, 9.17) is 9.84 Å². The van der Waals surface area contributed by atoms with E-state index in [0.29, 0.717) is 18.7 Å². The number of imidazole rings is 1. The second-order valence-corrected chi connectivity index (χ2v) is 4.37. The molecule has 0 saturated heterocycles. The van der Waals surface area contributed by atoms with Crippen molar-refractivity contribution < 1.29 is 19.4 Å². The van der Waals surface area contributed by atoms with E-state index in [9.17, 15) is 9.59 Å². The van der Waals surface area contributed by atoms with Gasteiger partial charge in [-0.25, -0.2) is 9.78 Å². The molecule has 6 heteroatoms. The largest absolute Gasteiger partial charge is 0.478 e. The molecule has 20 heavy (non-hydrogen) atoms. The van der Waals surface area contributed by atoms with Gasteiger partial charge in [0.2, 0.25) is 0 Å². The van der Waals surface area contributed by atoms with Gasteiger partial charge >= 0.3 is 11.9 Å². The molecule has 0 aliphatic carbocycles. The first kappa shape index (κ1) is 14.0. The predicted octanol–water partition coefficient (Wildman–Crippen LogP) is 2.00. The molecule has 6 nitrogen and oxygen atoms in total. The smallest absolute Gasteiger partial charge is 0.335 e. The number of aryl methyl sites for hydroxylation is 2. The molecule has 106 valence electrons. The van der Waals surface area contributed by atoms with Gasteiger partial charge in [0.05, 0.1) is 29.6 Å². The van der Waals surface area contributed by atoms with Crippen molar-refractivity contribution in [1.82, 2.24) is 9.55 Å². The number of esters is 1. The lowest BCUT2D eigenvalue weighted by atomic mass is 10.2. The number of benzene rings is 1. The van der Waals surface area contributed by atoms with Gasteiger partial charge in [-0.2, -0.15) is 0 Å². The second kappa shape index (κ2) is 5.73. The molecule has 0 aliphatic heterocycles. The number of aromatic nitrogens is 2.